The van der Waals surface area contributed by atoms with Crippen molar-refractivity contribution in [3.63, 3.8) is 0 Å². The summed E-state index contributed by atoms with van der Waals surface area (Å²) in [6.45, 7) is 0. The number of nitrogens with zero attached hydrogens (tertiary/aromatic N) is 1. The van der Waals surface area contributed by atoms with Crippen molar-refractivity contribution >= 4 is 23.3 Å². The van der Waals surface area contributed by atoms with Gasteiger partial charge < -0.3 is 15.7 Å². The molecule has 0 aromatic heterocycles. The van der Waals surface area contributed by atoms with E-state index in [-0.39, 0.29) is 11.5 Å². The van der Waals surface area contributed by atoms with Crippen molar-refractivity contribution in [3.05, 3.63) is 23.8 Å². The molecule has 0 spiro atoms. The van der Waals surface area contributed by atoms with Gasteiger partial charge in [-0.2, -0.15) is 0 Å². The first-order chi connectivity index (χ1) is 9.99. The first-order valence-electron chi connectivity index (χ1n) is 7.38. The van der Waals surface area contributed by atoms with Crippen LogP contribution in [0.4, 0.5) is 11.4 Å². The molecule has 21 heavy (non-hydrogen) atoms. The van der Waals surface area contributed by atoms with E-state index >= 15 is 0 Å². The van der Waals surface area contributed by atoms with Gasteiger partial charge in [-0.15, -0.1) is 0 Å². The molecule has 114 valence electrons. The number of benzene rings is 1. The number of amides is 1. The highest BCUT2D eigenvalue weighted by Gasteiger charge is 2.22. The molecule has 1 aromatic carbocycles. The fourth-order valence-electron chi connectivity index (χ4n) is 2.93. The second kappa shape index (κ2) is 6.61. The molecular weight excluding hydrogens is 268 g/mol. The van der Waals surface area contributed by atoms with Crippen LogP contribution >= 0.6 is 0 Å². The zero-order valence-corrected chi connectivity index (χ0v) is 12.3. The third-order valence-electron chi connectivity index (χ3n) is 4.17. The molecule has 0 atom stereocenters. The van der Waals surface area contributed by atoms with Gasteiger partial charge in [0.05, 0.1) is 11.3 Å². The van der Waals surface area contributed by atoms with Crippen molar-refractivity contribution in [2.45, 2.75) is 38.5 Å². The summed E-state index contributed by atoms with van der Waals surface area (Å²) in [6.07, 6.45) is 6.29. The highest BCUT2D eigenvalue weighted by atomic mass is 16.4. The Kier molecular flexibility index (Phi) is 4.83. The lowest BCUT2D eigenvalue weighted by atomic mass is 9.86. The molecule has 1 amide bonds. The molecule has 0 saturated heterocycles. The van der Waals surface area contributed by atoms with Gasteiger partial charge in [0.25, 0.3) is 0 Å². The Morgan fingerprint density at radius 1 is 1.29 bits per heavy atom. The molecule has 1 aliphatic carbocycles. The van der Waals surface area contributed by atoms with E-state index in [9.17, 15) is 14.7 Å². The van der Waals surface area contributed by atoms with E-state index in [1.807, 2.05) is 0 Å². The maximum Gasteiger partial charge on any atom is 0.337 e. The number of carbonyl (C=O) groups is 2. The van der Waals surface area contributed by atoms with Crippen LogP contribution in [0.15, 0.2) is 18.2 Å². The smallest absolute Gasteiger partial charge is 0.337 e. The Labute approximate surface area is 124 Å². The minimum absolute atomic E-state index is 0.0332. The molecule has 5 nitrogen and oxygen atoms in total. The monoisotopic (exact) mass is 290 g/mol. The van der Waals surface area contributed by atoms with Crippen molar-refractivity contribution < 1.29 is 14.7 Å². The molecule has 1 aliphatic rings. The Bertz CT molecular complexity index is 536. The van der Waals surface area contributed by atoms with Gasteiger partial charge in [-0.25, -0.2) is 4.79 Å². The van der Waals surface area contributed by atoms with Gasteiger partial charge >= 0.3 is 5.97 Å². The maximum absolute atomic E-state index is 12.4. The number of rotatable bonds is 4. The molecular formula is C16H22N2O3. The topological polar surface area (TPSA) is 83.6 Å². The quantitative estimate of drug-likeness (QED) is 0.835. The van der Waals surface area contributed by atoms with Crippen molar-refractivity contribution in [2.24, 2.45) is 5.92 Å². The maximum atomic E-state index is 12.4. The fourth-order valence-corrected chi connectivity index (χ4v) is 2.93. The molecule has 5 heteroatoms. The number of carboxylic acids is 1. The standard InChI is InChI=1S/C16H22N2O3/c1-18(15(19)9-11-5-3-2-4-6-11)14-8-7-12(17)10-13(14)16(20)21/h7-8,10-11H,2-6,9,17H2,1H3,(H,20,21). The van der Waals surface area contributed by atoms with Gasteiger partial charge in [0, 0.05) is 19.2 Å². The van der Waals surface area contributed by atoms with E-state index in [4.69, 9.17) is 5.73 Å². The van der Waals surface area contributed by atoms with Gasteiger partial charge in [0.15, 0.2) is 0 Å². The molecule has 1 fully saturated rings. The number of anilines is 2. The molecule has 0 radical (unpaired) electrons. The number of carbonyl (C=O) groups excluding carboxylic acids is 1. The summed E-state index contributed by atoms with van der Waals surface area (Å²) < 4.78 is 0. The van der Waals surface area contributed by atoms with E-state index in [1.54, 1.807) is 19.2 Å². The summed E-state index contributed by atoms with van der Waals surface area (Å²) in [5.41, 5.74) is 6.47. The Hall–Kier alpha value is -2.04. The van der Waals surface area contributed by atoms with Crippen molar-refractivity contribution in [3.8, 4) is 0 Å². The third kappa shape index (κ3) is 3.74. The van der Waals surface area contributed by atoms with Gasteiger partial charge in [0.2, 0.25) is 5.91 Å². The van der Waals surface area contributed by atoms with Gasteiger partial charge in [0.1, 0.15) is 0 Å². The van der Waals surface area contributed by atoms with Crippen LogP contribution in [-0.4, -0.2) is 24.0 Å². The van der Waals surface area contributed by atoms with Gasteiger partial charge in [-0.3, -0.25) is 4.79 Å². The number of nitrogen functional groups attached to an aromatic ring is 1. The third-order valence-corrected chi connectivity index (χ3v) is 4.17. The molecule has 0 unspecified atom stereocenters. The molecule has 1 saturated carbocycles. The van der Waals surface area contributed by atoms with Crippen LogP contribution in [0.3, 0.4) is 0 Å². The van der Waals surface area contributed by atoms with E-state index in [0.717, 1.165) is 12.8 Å². The number of hydrogen-bond acceptors (Lipinski definition) is 3. The van der Waals surface area contributed by atoms with Crippen LogP contribution in [0.1, 0.15) is 48.9 Å². The SMILES string of the molecule is CN(C(=O)CC1CCCCC1)c1ccc(N)cc1C(=O)O. The Morgan fingerprint density at radius 3 is 2.57 bits per heavy atom. The average molecular weight is 290 g/mol. The van der Waals surface area contributed by atoms with Crippen LogP contribution in [-0.2, 0) is 4.79 Å². The summed E-state index contributed by atoms with van der Waals surface area (Å²) in [7, 11) is 1.63. The first kappa shape index (κ1) is 15.4. The minimum atomic E-state index is -1.07. The average Bonchev–Trinajstić information content (AvgIpc) is 2.47. The summed E-state index contributed by atoms with van der Waals surface area (Å²) in [5.74, 6) is -0.681. The zero-order chi connectivity index (χ0) is 15.4. The number of aromatic carboxylic acids is 1. The highest BCUT2D eigenvalue weighted by Crippen LogP contribution is 2.29. The van der Waals surface area contributed by atoms with Crippen LogP contribution in [0.2, 0.25) is 0 Å². The predicted molar refractivity (Wildman–Crippen MR) is 82.4 cm³/mol. The first-order valence-corrected chi connectivity index (χ1v) is 7.38. The molecule has 1 aromatic rings. The van der Waals surface area contributed by atoms with Crippen LogP contribution in [0.25, 0.3) is 0 Å². The fraction of sp³-hybridized carbons (Fsp3) is 0.500. The van der Waals surface area contributed by atoms with Gasteiger partial charge in [-0.1, -0.05) is 19.3 Å². The molecule has 0 aliphatic heterocycles. The minimum Gasteiger partial charge on any atom is -0.478 e. The lowest BCUT2D eigenvalue weighted by Gasteiger charge is -2.25. The number of carboxylic acid groups (broad SMARTS) is 1. The van der Waals surface area contributed by atoms with Crippen molar-refractivity contribution in [1.82, 2.24) is 0 Å². The summed E-state index contributed by atoms with van der Waals surface area (Å²) in [4.78, 5) is 25.1. The molecule has 2 rings (SSSR count). The predicted octanol–water partition coefficient (Wildman–Crippen LogP) is 2.90. The Morgan fingerprint density at radius 2 is 1.95 bits per heavy atom. The highest BCUT2D eigenvalue weighted by molar-refractivity contribution is 6.02. The van der Waals surface area contributed by atoms with Crippen molar-refractivity contribution in [2.75, 3.05) is 17.7 Å². The van der Waals surface area contributed by atoms with Crippen LogP contribution in [0.5, 0.6) is 0 Å². The number of hydrogen-bond donors (Lipinski definition) is 2. The summed E-state index contributed by atoms with van der Waals surface area (Å²) >= 11 is 0. The molecule has 3 N–H and O–H groups in total. The van der Waals surface area contributed by atoms with Crippen molar-refractivity contribution in [1.29, 1.82) is 0 Å². The second-order valence-corrected chi connectivity index (χ2v) is 5.74. The summed E-state index contributed by atoms with van der Waals surface area (Å²) in [6, 6.07) is 4.60. The Balaban J connectivity index is 2.13. The van der Waals surface area contributed by atoms with E-state index in [0.29, 0.717) is 23.7 Å². The lowest BCUT2D eigenvalue weighted by molar-refractivity contribution is -0.119. The summed E-state index contributed by atoms with van der Waals surface area (Å²) in [5, 5.41) is 9.25. The number of nitrogens with two attached hydrogens (primary N) is 1. The molecule has 0 heterocycles. The lowest BCUT2D eigenvalue weighted by Crippen LogP contribution is -2.30. The zero-order valence-electron chi connectivity index (χ0n) is 12.3. The molecule has 0 bridgehead atoms. The van der Waals surface area contributed by atoms with E-state index < -0.39 is 5.97 Å². The van der Waals surface area contributed by atoms with Crippen LogP contribution < -0.4 is 10.6 Å². The second-order valence-electron chi connectivity index (χ2n) is 5.74. The van der Waals surface area contributed by atoms with Gasteiger partial charge in [-0.05, 0) is 37.0 Å². The van der Waals surface area contributed by atoms with E-state index in [2.05, 4.69) is 0 Å². The van der Waals surface area contributed by atoms with Crippen LogP contribution in [0, 0.1) is 5.92 Å². The normalized spacial score (nSPS) is 15.7. The largest absolute Gasteiger partial charge is 0.478 e. The van der Waals surface area contributed by atoms with E-state index in [1.165, 1.54) is 30.2 Å².